The van der Waals surface area contributed by atoms with Gasteiger partial charge in [0, 0.05) is 18.6 Å². The molecule has 0 saturated heterocycles. The average molecular weight is 425 g/mol. The number of aromatic nitrogens is 4. The number of benzene rings is 2. The first kappa shape index (κ1) is 17.4. The Morgan fingerprint density at radius 1 is 1.00 bits per heavy atom. The van der Waals surface area contributed by atoms with E-state index in [9.17, 15) is 9.59 Å². The molecule has 0 spiro atoms. The standard InChI is InChI=1S/C20H17BrN4O2/c1-12-16(19(26)25(22-12)15-7-5-14(21)6-8-15)10-13-4-9-17-18(11-13)24(3)20(27)23(17)2/h4-11,22H,1H2,2-3H3. The Bertz CT molecular complexity index is 1400. The van der Waals surface area contributed by atoms with Gasteiger partial charge in [0.05, 0.1) is 27.3 Å². The quantitative estimate of drug-likeness (QED) is 0.527. The van der Waals surface area contributed by atoms with Crippen LogP contribution in [0.2, 0.25) is 0 Å². The van der Waals surface area contributed by atoms with Crippen molar-refractivity contribution < 1.29 is 0 Å². The first-order valence-corrected chi connectivity index (χ1v) is 9.09. The van der Waals surface area contributed by atoms with Crippen molar-refractivity contribution in [3.8, 4) is 5.69 Å². The monoisotopic (exact) mass is 424 g/mol. The van der Waals surface area contributed by atoms with Crippen LogP contribution in [0.15, 0.2) is 56.5 Å². The lowest BCUT2D eigenvalue weighted by Gasteiger charge is -2.00. The lowest BCUT2D eigenvalue weighted by molar-refractivity contribution is 0.795. The van der Waals surface area contributed by atoms with Gasteiger partial charge in [-0.2, -0.15) is 0 Å². The number of nitrogens with one attached hydrogen (secondary N) is 1. The maximum Gasteiger partial charge on any atom is 0.328 e. The molecule has 0 aliphatic heterocycles. The summed E-state index contributed by atoms with van der Waals surface area (Å²) in [7, 11) is 3.48. The van der Waals surface area contributed by atoms with E-state index in [0.29, 0.717) is 10.6 Å². The second-order valence-corrected chi connectivity index (χ2v) is 7.33. The molecule has 1 N–H and O–H groups in total. The van der Waals surface area contributed by atoms with E-state index in [1.165, 1.54) is 4.68 Å². The Kier molecular flexibility index (Phi) is 4.04. The third-order valence-electron chi connectivity index (χ3n) is 4.70. The number of hydrogen-bond acceptors (Lipinski definition) is 2. The van der Waals surface area contributed by atoms with Gasteiger partial charge in [-0.05, 0) is 48.0 Å². The van der Waals surface area contributed by atoms with Crippen molar-refractivity contribution in [3.05, 3.63) is 83.9 Å². The highest BCUT2D eigenvalue weighted by molar-refractivity contribution is 9.10. The predicted octanol–water partition coefficient (Wildman–Crippen LogP) is 1.36. The Hall–Kier alpha value is -3.06. The molecular weight excluding hydrogens is 408 g/mol. The number of hydrogen-bond donors (Lipinski definition) is 1. The van der Waals surface area contributed by atoms with E-state index in [0.717, 1.165) is 26.8 Å². The maximum atomic E-state index is 12.9. The Labute approximate surface area is 162 Å². The Morgan fingerprint density at radius 3 is 2.37 bits per heavy atom. The fourth-order valence-electron chi connectivity index (χ4n) is 3.20. The molecule has 6 nitrogen and oxygen atoms in total. The fraction of sp³-hybridized carbons (Fsp3) is 0.100. The summed E-state index contributed by atoms with van der Waals surface area (Å²) < 4.78 is 5.60. The Morgan fingerprint density at radius 2 is 1.67 bits per heavy atom. The minimum absolute atomic E-state index is 0.0840. The fourth-order valence-corrected chi connectivity index (χ4v) is 3.46. The normalized spacial score (nSPS) is 12.2. The van der Waals surface area contributed by atoms with Crippen LogP contribution in [0, 0.1) is 0 Å². The summed E-state index contributed by atoms with van der Waals surface area (Å²) in [6.45, 7) is 3.96. The second-order valence-electron chi connectivity index (χ2n) is 6.41. The van der Waals surface area contributed by atoms with Crippen LogP contribution in [-0.4, -0.2) is 18.9 Å². The van der Waals surface area contributed by atoms with E-state index in [1.807, 2.05) is 42.5 Å². The van der Waals surface area contributed by atoms with Gasteiger partial charge in [0.25, 0.3) is 5.56 Å². The molecule has 4 aromatic rings. The molecule has 0 bridgehead atoms. The van der Waals surface area contributed by atoms with Gasteiger partial charge in [-0.15, -0.1) is 0 Å². The topological polar surface area (TPSA) is 64.7 Å². The van der Waals surface area contributed by atoms with E-state index < -0.39 is 0 Å². The van der Waals surface area contributed by atoms with Crippen molar-refractivity contribution in [1.82, 2.24) is 18.9 Å². The molecule has 0 aliphatic carbocycles. The molecule has 7 heteroatoms. The van der Waals surface area contributed by atoms with E-state index in [-0.39, 0.29) is 11.2 Å². The van der Waals surface area contributed by atoms with Crippen LogP contribution < -0.4 is 21.8 Å². The second kappa shape index (κ2) is 6.28. The average Bonchev–Trinajstić information content (AvgIpc) is 3.05. The number of H-pyrrole nitrogens is 1. The number of halogens is 1. The third-order valence-corrected chi connectivity index (χ3v) is 5.23. The van der Waals surface area contributed by atoms with Crippen molar-refractivity contribution in [2.45, 2.75) is 0 Å². The summed E-state index contributed by atoms with van der Waals surface area (Å²) in [6.07, 6.45) is 1.79. The van der Waals surface area contributed by atoms with Crippen LogP contribution in [0.25, 0.3) is 29.4 Å². The van der Waals surface area contributed by atoms with Gasteiger partial charge in [0.1, 0.15) is 0 Å². The zero-order chi connectivity index (χ0) is 19.3. The largest absolute Gasteiger partial charge is 0.328 e. The Balaban J connectivity index is 1.90. The summed E-state index contributed by atoms with van der Waals surface area (Å²) in [6, 6.07) is 13.1. The van der Waals surface area contributed by atoms with Gasteiger partial charge < -0.3 is 0 Å². The lowest BCUT2D eigenvalue weighted by Crippen LogP contribution is -2.33. The molecule has 0 atom stereocenters. The van der Waals surface area contributed by atoms with Crippen molar-refractivity contribution in [2.24, 2.45) is 14.1 Å². The van der Waals surface area contributed by atoms with Gasteiger partial charge in [-0.3, -0.25) is 19.0 Å². The van der Waals surface area contributed by atoms with E-state index in [2.05, 4.69) is 27.6 Å². The summed E-state index contributed by atoms with van der Waals surface area (Å²) in [5.41, 5.74) is 2.95. The molecule has 2 heterocycles. The van der Waals surface area contributed by atoms with Crippen LogP contribution in [-0.2, 0) is 14.1 Å². The molecule has 0 unspecified atom stereocenters. The molecule has 0 fully saturated rings. The van der Waals surface area contributed by atoms with Crippen LogP contribution in [0.4, 0.5) is 0 Å². The van der Waals surface area contributed by atoms with Gasteiger partial charge in [-0.1, -0.05) is 28.6 Å². The molecule has 0 aliphatic rings. The van der Waals surface area contributed by atoms with Gasteiger partial charge in [0.2, 0.25) is 0 Å². The molecular formula is C20H17BrN4O2. The molecule has 27 heavy (non-hydrogen) atoms. The highest BCUT2D eigenvalue weighted by Crippen LogP contribution is 2.14. The molecule has 4 rings (SSSR count). The SMILES string of the molecule is C=c1[nH]n(-c2ccc(Br)cc2)c(=O)c1=Cc1ccc2c(c1)n(C)c(=O)n2C. The highest BCUT2D eigenvalue weighted by atomic mass is 79.9. The molecule has 0 saturated carbocycles. The zero-order valence-electron chi connectivity index (χ0n) is 14.9. The van der Waals surface area contributed by atoms with Crippen molar-refractivity contribution in [1.29, 1.82) is 0 Å². The predicted molar refractivity (Wildman–Crippen MR) is 111 cm³/mol. The molecule has 0 radical (unpaired) electrons. The number of aryl methyl sites for hydroxylation is 2. The molecule has 2 aromatic carbocycles. The number of imidazole rings is 1. The van der Waals surface area contributed by atoms with E-state index in [4.69, 9.17) is 0 Å². The van der Waals surface area contributed by atoms with Gasteiger partial charge >= 0.3 is 5.69 Å². The summed E-state index contributed by atoms with van der Waals surface area (Å²) in [4.78, 5) is 25.0. The van der Waals surface area contributed by atoms with Crippen molar-refractivity contribution in [2.75, 3.05) is 0 Å². The van der Waals surface area contributed by atoms with Gasteiger partial charge in [-0.25, -0.2) is 9.48 Å². The number of nitrogens with zero attached hydrogens (tertiary/aromatic N) is 3. The van der Waals surface area contributed by atoms with Crippen LogP contribution >= 0.6 is 15.9 Å². The first-order chi connectivity index (χ1) is 12.9. The van der Waals surface area contributed by atoms with E-state index in [1.54, 1.807) is 29.3 Å². The van der Waals surface area contributed by atoms with Crippen molar-refractivity contribution in [3.63, 3.8) is 0 Å². The lowest BCUT2D eigenvalue weighted by atomic mass is 10.1. The minimum atomic E-state index is -0.177. The number of aromatic amines is 1. The third kappa shape index (κ3) is 2.80. The molecule has 2 aromatic heterocycles. The van der Waals surface area contributed by atoms with E-state index >= 15 is 0 Å². The molecule has 136 valence electrons. The number of rotatable bonds is 2. The van der Waals surface area contributed by atoms with Crippen LogP contribution in [0.1, 0.15) is 5.56 Å². The summed E-state index contributed by atoms with van der Waals surface area (Å²) in [5, 5.41) is 4.03. The van der Waals surface area contributed by atoms with Crippen LogP contribution in [0.3, 0.4) is 0 Å². The minimum Gasteiger partial charge on any atom is -0.295 e. The highest BCUT2D eigenvalue weighted by Gasteiger charge is 2.08. The number of fused-ring (bicyclic) bond motifs is 1. The van der Waals surface area contributed by atoms with Gasteiger partial charge in [0.15, 0.2) is 0 Å². The molecule has 0 amide bonds. The summed E-state index contributed by atoms with van der Waals surface area (Å²) in [5.74, 6) is 0. The maximum absolute atomic E-state index is 12.9. The summed E-state index contributed by atoms with van der Waals surface area (Å²) >= 11 is 3.39. The first-order valence-electron chi connectivity index (χ1n) is 8.30. The smallest absolute Gasteiger partial charge is 0.295 e. The van der Waals surface area contributed by atoms with Crippen LogP contribution in [0.5, 0.6) is 0 Å². The van der Waals surface area contributed by atoms with Crippen molar-refractivity contribution >= 4 is 39.6 Å². The zero-order valence-corrected chi connectivity index (χ0v) is 16.4.